The number of aryl methyl sites for hydroxylation is 1. The van der Waals surface area contributed by atoms with E-state index in [1.54, 1.807) is 0 Å². The summed E-state index contributed by atoms with van der Waals surface area (Å²) in [5.41, 5.74) is 1.81. The van der Waals surface area contributed by atoms with Gasteiger partial charge in [0, 0.05) is 11.1 Å². The molecule has 0 aliphatic carbocycles. The molecule has 5 nitrogen and oxygen atoms in total. The predicted octanol–water partition coefficient (Wildman–Crippen LogP) is 2.25. The first-order valence-electron chi connectivity index (χ1n) is 6.64. The minimum Gasteiger partial charge on any atom is -0.394 e. The van der Waals surface area contributed by atoms with Gasteiger partial charge in [0.15, 0.2) is 0 Å². The Bertz CT molecular complexity index is 561. The third-order valence-electron chi connectivity index (χ3n) is 3.57. The van der Waals surface area contributed by atoms with Crippen LogP contribution in [0, 0.1) is 6.92 Å². The summed E-state index contributed by atoms with van der Waals surface area (Å²) in [6, 6.07) is 8.00. The maximum absolute atomic E-state index is 9.34. The highest BCUT2D eigenvalue weighted by Crippen LogP contribution is 2.18. The maximum atomic E-state index is 9.34. The molecule has 0 aliphatic rings. The second-order valence-corrected chi connectivity index (χ2v) is 5.70. The summed E-state index contributed by atoms with van der Waals surface area (Å²) in [4.78, 5) is 6.38. The molecule has 1 aromatic carbocycles. The lowest BCUT2D eigenvalue weighted by atomic mass is 10.1. The Morgan fingerprint density at radius 3 is 2.50 bits per heavy atom. The van der Waals surface area contributed by atoms with Crippen molar-refractivity contribution in [1.82, 2.24) is 15.0 Å². The van der Waals surface area contributed by atoms with E-state index < -0.39 is 0 Å². The molecule has 2 rings (SSSR count). The quantitative estimate of drug-likeness (QED) is 0.906. The Balaban J connectivity index is 2.11. The smallest absolute Gasteiger partial charge is 0.241 e. The van der Waals surface area contributed by atoms with Crippen LogP contribution in [-0.2, 0) is 6.54 Å². The first kappa shape index (κ1) is 14.7. The summed E-state index contributed by atoms with van der Waals surface area (Å²) >= 11 is 0. The fourth-order valence-corrected chi connectivity index (χ4v) is 1.68. The van der Waals surface area contributed by atoms with Crippen LogP contribution in [0.3, 0.4) is 0 Å². The highest BCUT2D eigenvalue weighted by molar-refractivity contribution is 5.54. The van der Waals surface area contributed by atoms with E-state index in [9.17, 15) is 5.11 Å². The third kappa shape index (κ3) is 3.23. The van der Waals surface area contributed by atoms with Crippen molar-refractivity contribution in [2.45, 2.75) is 32.9 Å². The topological polar surface area (TPSA) is 62.4 Å². The molecule has 0 fully saturated rings. The van der Waals surface area contributed by atoms with Crippen LogP contribution in [0.4, 0.5) is 0 Å². The Morgan fingerprint density at radius 1 is 1.25 bits per heavy atom. The molecule has 0 bridgehead atoms. The monoisotopic (exact) mass is 275 g/mol. The molecule has 20 heavy (non-hydrogen) atoms. The summed E-state index contributed by atoms with van der Waals surface area (Å²) in [6.45, 7) is 6.54. The molecule has 0 aliphatic heterocycles. The molecule has 0 unspecified atom stereocenters. The average molecular weight is 275 g/mol. The number of rotatable bonds is 5. The standard InChI is InChI=1S/C15H21N3O2/c1-11-5-7-12(8-6-11)14-16-13(20-17-14)9-18(4)15(2,3)10-19/h5-8,19H,9-10H2,1-4H3. The van der Waals surface area contributed by atoms with E-state index in [0.717, 1.165) is 5.56 Å². The minimum absolute atomic E-state index is 0.0719. The van der Waals surface area contributed by atoms with Gasteiger partial charge in [-0.3, -0.25) is 4.90 Å². The molecular weight excluding hydrogens is 254 g/mol. The highest BCUT2D eigenvalue weighted by Gasteiger charge is 2.24. The summed E-state index contributed by atoms with van der Waals surface area (Å²) in [5, 5.41) is 13.3. The van der Waals surface area contributed by atoms with Gasteiger partial charge in [0.1, 0.15) is 0 Å². The molecule has 0 spiro atoms. The lowest BCUT2D eigenvalue weighted by Gasteiger charge is -2.32. The number of aliphatic hydroxyl groups is 1. The maximum Gasteiger partial charge on any atom is 0.241 e. The number of likely N-dealkylation sites (N-methyl/N-ethyl adjacent to an activating group) is 1. The minimum atomic E-state index is -0.321. The summed E-state index contributed by atoms with van der Waals surface area (Å²) in [7, 11) is 1.92. The fraction of sp³-hybridized carbons (Fsp3) is 0.467. The zero-order chi connectivity index (χ0) is 14.8. The van der Waals surface area contributed by atoms with Gasteiger partial charge in [-0.1, -0.05) is 35.0 Å². The van der Waals surface area contributed by atoms with Crippen molar-refractivity contribution in [2.75, 3.05) is 13.7 Å². The van der Waals surface area contributed by atoms with Gasteiger partial charge in [0.2, 0.25) is 11.7 Å². The van der Waals surface area contributed by atoms with Crippen molar-refractivity contribution in [3.8, 4) is 11.4 Å². The van der Waals surface area contributed by atoms with Crippen molar-refractivity contribution < 1.29 is 9.63 Å². The SMILES string of the molecule is Cc1ccc(-c2noc(CN(C)C(C)(C)CO)n2)cc1. The molecule has 1 N–H and O–H groups in total. The van der Waals surface area contributed by atoms with E-state index in [0.29, 0.717) is 18.3 Å². The van der Waals surface area contributed by atoms with Crippen LogP contribution in [0.5, 0.6) is 0 Å². The van der Waals surface area contributed by atoms with E-state index in [2.05, 4.69) is 10.1 Å². The Kier molecular flexibility index (Phi) is 4.20. The lowest BCUT2D eigenvalue weighted by molar-refractivity contribution is 0.0652. The summed E-state index contributed by atoms with van der Waals surface area (Å²) in [5.74, 6) is 1.14. The lowest BCUT2D eigenvalue weighted by Crippen LogP contribution is -2.43. The first-order valence-corrected chi connectivity index (χ1v) is 6.64. The molecule has 0 amide bonds. The van der Waals surface area contributed by atoms with Gasteiger partial charge in [-0.2, -0.15) is 4.98 Å². The van der Waals surface area contributed by atoms with Crippen LogP contribution in [0.15, 0.2) is 28.8 Å². The van der Waals surface area contributed by atoms with Gasteiger partial charge < -0.3 is 9.63 Å². The number of benzene rings is 1. The molecule has 0 saturated heterocycles. The predicted molar refractivity (Wildman–Crippen MR) is 77.1 cm³/mol. The van der Waals surface area contributed by atoms with Crippen molar-refractivity contribution in [2.24, 2.45) is 0 Å². The van der Waals surface area contributed by atoms with Crippen LogP contribution in [0.25, 0.3) is 11.4 Å². The van der Waals surface area contributed by atoms with Crippen molar-refractivity contribution in [1.29, 1.82) is 0 Å². The van der Waals surface area contributed by atoms with E-state index in [1.165, 1.54) is 5.56 Å². The van der Waals surface area contributed by atoms with Crippen LogP contribution >= 0.6 is 0 Å². The van der Waals surface area contributed by atoms with Crippen LogP contribution in [0.2, 0.25) is 0 Å². The zero-order valence-corrected chi connectivity index (χ0v) is 12.4. The molecule has 0 atom stereocenters. The van der Waals surface area contributed by atoms with Crippen LogP contribution in [-0.4, -0.2) is 39.3 Å². The van der Waals surface area contributed by atoms with E-state index in [-0.39, 0.29) is 12.1 Å². The van der Waals surface area contributed by atoms with Crippen molar-refractivity contribution >= 4 is 0 Å². The first-order chi connectivity index (χ1) is 9.42. The van der Waals surface area contributed by atoms with E-state index in [4.69, 9.17) is 4.52 Å². The number of hydrogen-bond acceptors (Lipinski definition) is 5. The van der Waals surface area contributed by atoms with Crippen molar-refractivity contribution in [3.63, 3.8) is 0 Å². The van der Waals surface area contributed by atoms with Gasteiger partial charge >= 0.3 is 0 Å². The number of nitrogens with zero attached hydrogens (tertiary/aromatic N) is 3. The average Bonchev–Trinajstić information content (AvgIpc) is 2.88. The number of aliphatic hydroxyl groups excluding tert-OH is 1. The van der Waals surface area contributed by atoms with E-state index >= 15 is 0 Å². The fourth-order valence-electron chi connectivity index (χ4n) is 1.68. The molecule has 5 heteroatoms. The molecule has 1 aromatic heterocycles. The van der Waals surface area contributed by atoms with Crippen LogP contribution < -0.4 is 0 Å². The Morgan fingerprint density at radius 2 is 1.90 bits per heavy atom. The largest absolute Gasteiger partial charge is 0.394 e. The third-order valence-corrected chi connectivity index (χ3v) is 3.57. The molecule has 0 radical (unpaired) electrons. The molecule has 2 aromatic rings. The van der Waals surface area contributed by atoms with Gasteiger partial charge in [-0.05, 0) is 27.8 Å². The Labute approximate surface area is 119 Å². The molecule has 1 heterocycles. The van der Waals surface area contributed by atoms with E-state index in [1.807, 2.05) is 57.0 Å². The van der Waals surface area contributed by atoms with Crippen LogP contribution in [0.1, 0.15) is 25.3 Å². The normalized spacial score (nSPS) is 12.1. The van der Waals surface area contributed by atoms with Gasteiger partial charge in [-0.15, -0.1) is 0 Å². The highest BCUT2D eigenvalue weighted by atomic mass is 16.5. The van der Waals surface area contributed by atoms with Gasteiger partial charge in [-0.25, -0.2) is 0 Å². The number of hydrogen-bond donors (Lipinski definition) is 1. The Hall–Kier alpha value is -1.72. The second-order valence-electron chi connectivity index (χ2n) is 5.70. The second kappa shape index (κ2) is 5.73. The zero-order valence-electron chi connectivity index (χ0n) is 12.4. The molecule has 0 saturated carbocycles. The van der Waals surface area contributed by atoms with Gasteiger partial charge in [0.25, 0.3) is 0 Å². The summed E-state index contributed by atoms with van der Waals surface area (Å²) in [6.07, 6.45) is 0. The summed E-state index contributed by atoms with van der Waals surface area (Å²) < 4.78 is 5.28. The molecule has 108 valence electrons. The number of aromatic nitrogens is 2. The van der Waals surface area contributed by atoms with Crippen molar-refractivity contribution in [3.05, 3.63) is 35.7 Å². The van der Waals surface area contributed by atoms with Gasteiger partial charge in [0.05, 0.1) is 13.2 Å². The molecular formula is C15H21N3O2.